The van der Waals surface area contributed by atoms with Gasteiger partial charge in [-0.05, 0) is 36.6 Å². The summed E-state index contributed by atoms with van der Waals surface area (Å²) in [5, 5.41) is 9.53. The van der Waals surface area contributed by atoms with Gasteiger partial charge in [0.2, 0.25) is 0 Å². The Hall–Kier alpha value is -2.59. The molecule has 1 heterocycles. The van der Waals surface area contributed by atoms with Crippen LogP contribution in [0.4, 0.5) is 18.0 Å². The van der Waals surface area contributed by atoms with Gasteiger partial charge in [-0.25, -0.2) is 18.0 Å². The Labute approximate surface area is 172 Å². The van der Waals surface area contributed by atoms with Crippen LogP contribution in [0, 0.1) is 17.5 Å². The monoisotopic (exact) mass is 443 g/mol. The molecule has 6 nitrogen and oxygen atoms in total. The zero-order valence-corrected chi connectivity index (χ0v) is 16.8. The summed E-state index contributed by atoms with van der Waals surface area (Å²) in [6.45, 7) is 0.144. The minimum atomic E-state index is -4.11. The molecule has 2 aromatic carbocycles. The number of likely N-dealkylation sites (tertiary alicyclic amines) is 1. The first kappa shape index (κ1) is 22.1. The lowest BCUT2D eigenvalue weighted by atomic mass is 9.82. The molecule has 0 saturated carbocycles. The first-order valence-electron chi connectivity index (χ1n) is 9.15. The van der Waals surface area contributed by atoms with E-state index in [-0.39, 0.29) is 24.1 Å². The van der Waals surface area contributed by atoms with Crippen molar-refractivity contribution < 1.29 is 35.7 Å². The van der Waals surface area contributed by atoms with Crippen LogP contribution >= 0.6 is 0 Å². The summed E-state index contributed by atoms with van der Waals surface area (Å²) in [6.07, 6.45) is -1.16. The van der Waals surface area contributed by atoms with Crippen molar-refractivity contribution in [3.05, 3.63) is 71.0 Å². The molecule has 0 aromatic heterocycles. The van der Waals surface area contributed by atoms with E-state index in [0.717, 1.165) is 29.4 Å². The third-order valence-electron chi connectivity index (χ3n) is 5.08. The summed E-state index contributed by atoms with van der Waals surface area (Å²) in [5.74, 6) is -4.15. The van der Waals surface area contributed by atoms with Crippen LogP contribution in [0.5, 0.6) is 0 Å². The summed E-state index contributed by atoms with van der Waals surface area (Å²) in [6, 6.07) is 7.31. The van der Waals surface area contributed by atoms with Crippen molar-refractivity contribution in [1.29, 1.82) is 0 Å². The molecule has 162 valence electrons. The molecule has 1 fully saturated rings. The fourth-order valence-corrected chi connectivity index (χ4v) is 4.54. The second-order valence-electron chi connectivity index (χ2n) is 7.12. The zero-order chi connectivity index (χ0) is 22.1. The maximum absolute atomic E-state index is 14.8. The van der Waals surface area contributed by atoms with E-state index in [1.807, 2.05) is 0 Å². The third-order valence-corrected chi connectivity index (χ3v) is 5.66. The van der Waals surface area contributed by atoms with Crippen molar-refractivity contribution in [2.24, 2.45) is 0 Å². The maximum atomic E-state index is 14.8. The molecular formula is C20H20F3NO5S. The molecule has 0 unspecified atom stereocenters. The number of benzene rings is 2. The molecule has 0 spiro atoms. The number of hydrogen-bond acceptors (Lipinski definition) is 4. The van der Waals surface area contributed by atoms with Crippen LogP contribution in [0.25, 0.3) is 0 Å². The van der Waals surface area contributed by atoms with Gasteiger partial charge in [0.25, 0.3) is 10.1 Å². The van der Waals surface area contributed by atoms with E-state index in [1.54, 1.807) is 0 Å². The molecule has 1 N–H and O–H groups in total. The van der Waals surface area contributed by atoms with Crippen LogP contribution in [-0.2, 0) is 14.3 Å². The number of carbonyl (C=O) groups is 1. The Morgan fingerprint density at radius 3 is 2.43 bits per heavy atom. The number of halogens is 3. The summed E-state index contributed by atoms with van der Waals surface area (Å²) < 4.78 is 71.6. The van der Waals surface area contributed by atoms with Gasteiger partial charge in [0, 0.05) is 18.0 Å². The number of amides is 1. The third kappa shape index (κ3) is 4.76. The number of hydrogen-bond donors (Lipinski definition) is 1. The molecule has 10 heteroatoms. The standard InChI is InChI=1S/C20H20F3NO5S/c1-30(27,28)29-19(16-6-3-11-24(16)20(25)26)17(12-7-9-13(21)10-8-12)14-4-2-5-15(22)18(14)23/h2,4-5,7-10,16-17,19H,3,6,11H2,1H3,(H,25,26)/t16-,17+,19-/m1/s1. The predicted molar refractivity (Wildman–Crippen MR) is 102 cm³/mol. The Bertz CT molecular complexity index is 1030. The lowest BCUT2D eigenvalue weighted by Crippen LogP contribution is -2.47. The minimum absolute atomic E-state index is 0.144. The van der Waals surface area contributed by atoms with Gasteiger partial charge in [-0.3, -0.25) is 4.18 Å². The van der Waals surface area contributed by atoms with Crippen LogP contribution in [0.15, 0.2) is 42.5 Å². The quantitative estimate of drug-likeness (QED) is 0.688. The van der Waals surface area contributed by atoms with Gasteiger partial charge in [0.15, 0.2) is 11.6 Å². The van der Waals surface area contributed by atoms with Crippen molar-refractivity contribution in [3.8, 4) is 0 Å². The summed E-state index contributed by atoms with van der Waals surface area (Å²) in [7, 11) is -4.11. The Kier molecular flexibility index (Phi) is 6.37. The predicted octanol–water partition coefficient (Wildman–Crippen LogP) is 3.72. The van der Waals surface area contributed by atoms with Gasteiger partial charge in [-0.1, -0.05) is 24.3 Å². The molecule has 0 bridgehead atoms. The maximum Gasteiger partial charge on any atom is 0.407 e. The molecule has 0 aliphatic carbocycles. The second kappa shape index (κ2) is 8.65. The van der Waals surface area contributed by atoms with Crippen molar-refractivity contribution in [2.45, 2.75) is 30.9 Å². The molecule has 1 aliphatic heterocycles. The molecular weight excluding hydrogens is 423 g/mol. The fourth-order valence-electron chi connectivity index (χ4n) is 3.89. The molecule has 3 atom stereocenters. The Morgan fingerprint density at radius 1 is 1.17 bits per heavy atom. The van der Waals surface area contributed by atoms with E-state index in [1.165, 1.54) is 24.3 Å². The first-order valence-corrected chi connectivity index (χ1v) is 11.0. The molecule has 2 aromatic rings. The topological polar surface area (TPSA) is 83.9 Å². The average molecular weight is 443 g/mol. The van der Waals surface area contributed by atoms with Crippen LogP contribution < -0.4 is 0 Å². The molecule has 0 radical (unpaired) electrons. The van der Waals surface area contributed by atoms with Crippen LogP contribution in [0.1, 0.15) is 29.9 Å². The van der Waals surface area contributed by atoms with Crippen molar-refractivity contribution >= 4 is 16.2 Å². The lowest BCUT2D eigenvalue weighted by molar-refractivity contribution is 0.0771. The number of nitrogens with zero attached hydrogens (tertiary/aromatic N) is 1. The molecule has 3 rings (SSSR count). The second-order valence-corrected chi connectivity index (χ2v) is 8.72. The summed E-state index contributed by atoms with van der Waals surface area (Å²) in [5.41, 5.74) is 0.0410. The average Bonchev–Trinajstić information content (AvgIpc) is 3.15. The highest BCUT2D eigenvalue weighted by Gasteiger charge is 2.43. The summed E-state index contributed by atoms with van der Waals surface area (Å²) in [4.78, 5) is 12.7. The van der Waals surface area contributed by atoms with Gasteiger partial charge in [-0.15, -0.1) is 0 Å². The normalized spacial score (nSPS) is 18.9. The zero-order valence-electron chi connectivity index (χ0n) is 16.0. The number of carboxylic acid groups (broad SMARTS) is 1. The molecule has 1 saturated heterocycles. The lowest BCUT2D eigenvalue weighted by Gasteiger charge is -2.35. The Morgan fingerprint density at radius 2 is 1.83 bits per heavy atom. The van der Waals surface area contributed by atoms with Gasteiger partial charge in [0.1, 0.15) is 11.9 Å². The van der Waals surface area contributed by atoms with E-state index >= 15 is 0 Å². The van der Waals surface area contributed by atoms with Crippen molar-refractivity contribution in [2.75, 3.05) is 12.8 Å². The molecule has 1 aliphatic rings. The highest BCUT2D eigenvalue weighted by Crippen LogP contribution is 2.38. The van der Waals surface area contributed by atoms with Gasteiger partial charge in [-0.2, -0.15) is 8.42 Å². The van der Waals surface area contributed by atoms with E-state index in [0.29, 0.717) is 6.42 Å². The highest BCUT2D eigenvalue weighted by atomic mass is 32.2. The SMILES string of the molecule is CS(=O)(=O)O[C@@H]([C@@H](c1ccc(F)cc1)c1cccc(F)c1F)[C@H]1CCCN1C(=O)O. The van der Waals surface area contributed by atoms with Crippen molar-refractivity contribution in [1.82, 2.24) is 4.90 Å². The first-order chi connectivity index (χ1) is 14.1. The van der Waals surface area contributed by atoms with E-state index in [4.69, 9.17) is 4.18 Å². The van der Waals surface area contributed by atoms with Gasteiger partial charge >= 0.3 is 6.09 Å². The van der Waals surface area contributed by atoms with Gasteiger partial charge in [0.05, 0.1) is 12.3 Å². The minimum Gasteiger partial charge on any atom is -0.465 e. The largest absolute Gasteiger partial charge is 0.465 e. The highest BCUT2D eigenvalue weighted by molar-refractivity contribution is 7.86. The van der Waals surface area contributed by atoms with E-state index < -0.39 is 51.7 Å². The van der Waals surface area contributed by atoms with Gasteiger partial charge < -0.3 is 10.0 Å². The van der Waals surface area contributed by atoms with Crippen molar-refractivity contribution in [3.63, 3.8) is 0 Å². The molecule has 30 heavy (non-hydrogen) atoms. The van der Waals surface area contributed by atoms with E-state index in [2.05, 4.69) is 0 Å². The Balaban J connectivity index is 2.21. The smallest absolute Gasteiger partial charge is 0.407 e. The van der Waals surface area contributed by atoms with Crippen LogP contribution in [0.2, 0.25) is 0 Å². The fraction of sp³-hybridized carbons (Fsp3) is 0.350. The number of rotatable bonds is 6. The summed E-state index contributed by atoms with van der Waals surface area (Å²) >= 11 is 0. The van der Waals surface area contributed by atoms with E-state index in [9.17, 15) is 31.5 Å². The molecule has 1 amide bonds. The van der Waals surface area contributed by atoms with Crippen LogP contribution in [0.3, 0.4) is 0 Å². The van der Waals surface area contributed by atoms with Crippen LogP contribution in [-0.4, -0.2) is 49.5 Å².